The van der Waals surface area contributed by atoms with Gasteiger partial charge in [0, 0.05) is 19.3 Å². The average Bonchev–Trinajstić information content (AvgIpc) is 2.26. The lowest BCUT2D eigenvalue weighted by molar-refractivity contribution is 0.0463. The predicted octanol–water partition coefficient (Wildman–Crippen LogP) is 1.17. The molecule has 0 heterocycles. The number of benzene rings is 1. The smallest absolute Gasteiger partial charge is 0.337 e. The monoisotopic (exact) mass is 250 g/mol. The molecule has 0 atom stereocenters. The van der Waals surface area contributed by atoms with Crippen molar-refractivity contribution in [3.63, 3.8) is 0 Å². The first-order valence-corrected chi connectivity index (χ1v) is 5.99. The molecule has 98 valence electrons. The van der Waals surface area contributed by atoms with Crippen molar-refractivity contribution < 1.29 is 15.0 Å². The molecular formula is C13H18N2O3. The lowest BCUT2D eigenvalue weighted by Gasteiger charge is -2.35. The van der Waals surface area contributed by atoms with E-state index in [-0.39, 0.29) is 11.7 Å². The molecule has 1 aromatic carbocycles. The van der Waals surface area contributed by atoms with E-state index >= 15 is 0 Å². The van der Waals surface area contributed by atoms with E-state index in [1.165, 1.54) is 6.07 Å². The second-order valence-corrected chi connectivity index (χ2v) is 4.95. The highest BCUT2D eigenvalue weighted by molar-refractivity contribution is 5.95. The molecule has 2 rings (SSSR count). The molecule has 1 saturated carbocycles. The number of nitrogens with two attached hydrogens (primary N) is 1. The van der Waals surface area contributed by atoms with E-state index in [0.717, 1.165) is 19.4 Å². The molecule has 0 saturated heterocycles. The van der Waals surface area contributed by atoms with Gasteiger partial charge in [0.15, 0.2) is 0 Å². The van der Waals surface area contributed by atoms with Crippen molar-refractivity contribution in [3.05, 3.63) is 23.8 Å². The first-order chi connectivity index (χ1) is 8.47. The summed E-state index contributed by atoms with van der Waals surface area (Å²) >= 11 is 0. The van der Waals surface area contributed by atoms with Gasteiger partial charge in [-0.2, -0.15) is 0 Å². The van der Waals surface area contributed by atoms with Crippen molar-refractivity contribution in [2.45, 2.75) is 18.9 Å². The normalized spacial score (nSPS) is 22.3. The van der Waals surface area contributed by atoms with Crippen molar-refractivity contribution in [1.29, 1.82) is 0 Å². The molecule has 1 aliphatic rings. The summed E-state index contributed by atoms with van der Waals surface area (Å²) in [5, 5.41) is 18.4. The summed E-state index contributed by atoms with van der Waals surface area (Å²) in [7, 11) is 1.86. The van der Waals surface area contributed by atoms with Crippen LogP contribution in [-0.2, 0) is 0 Å². The van der Waals surface area contributed by atoms with Gasteiger partial charge in [-0.25, -0.2) is 4.79 Å². The van der Waals surface area contributed by atoms with Crippen LogP contribution < -0.4 is 10.6 Å². The van der Waals surface area contributed by atoms with Crippen LogP contribution in [0.3, 0.4) is 0 Å². The van der Waals surface area contributed by atoms with Gasteiger partial charge in [-0.05, 0) is 37.0 Å². The van der Waals surface area contributed by atoms with Gasteiger partial charge in [0.05, 0.1) is 17.4 Å². The fourth-order valence-corrected chi connectivity index (χ4v) is 2.39. The Morgan fingerprint density at radius 2 is 2.17 bits per heavy atom. The summed E-state index contributed by atoms with van der Waals surface area (Å²) in [6.45, 7) is 0.751. The summed E-state index contributed by atoms with van der Waals surface area (Å²) in [6.07, 6.45) is 1.40. The second kappa shape index (κ2) is 4.86. The highest BCUT2D eigenvalue weighted by Crippen LogP contribution is 2.30. The standard InChI is InChI=1S/C13H18N2O3/c1-15(7-8-4-10(16)5-8)12-3-2-9(14)6-11(12)13(17)18/h2-3,6,8,10,16H,4-5,7,14H2,1H3,(H,17,18). The van der Waals surface area contributed by atoms with Crippen molar-refractivity contribution in [3.8, 4) is 0 Å². The van der Waals surface area contributed by atoms with Crippen molar-refractivity contribution in [2.75, 3.05) is 24.2 Å². The van der Waals surface area contributed by atoms with E-state index in [2.05, 4.69) is 0 Å². The van der Waals surface area contributed by atoms with Gasteiger partial charge < -0.3 is 20.8 Å². The highest BCUT2D eigenvalue weighted by atomic mass is 16.4. The third-order valence-electron chi connectivity index (χ3n) is 3.41. The topological polar surface area (TPSA) is 86.8 Å². The highest BCUT2D eigenvalue weighted by Gasteiger charge is 2.28. The van der Waals surface area contributed by atoms with E-state index in [1.807, 2.05) is 11.9 Å². The van der Waals surface area contributed by atoms with Crippen LogP contribution in [0.2, 0.25) is 0 Å². The first-order valence-electron chi connectivity index (χ1n) is 5.99. The fraction of sp³-hybridized carbons (Fsp3) is 0.462. The molecule has 0 aliphatic heterocycles. The Labute approximate surface area is 106 Å². The third kappa shape index (κ3) is 2.56. The second-order valence-electron chi connectivity index (χ2n) is 4.95. The molecule has 1 aliphatic carbocycles. The lowest BCUT2D eigenvalue weighted by atomic mass is 9.82. The molecule has 0 radical (unpaired) electrons. The maximum atomic E-state index is 11.2. The van der Waals surface area contributed by atoms with Crippen LogP contribution in [-0.4, -0.2) is 35.9 Å². The molecule has 5 nitrogen and oxygen atoms in total. The van der Waals surface area contributed by atoms with Crippen LogP contribution in [0.25, 0.3) is 0 Å². The van der Waals surface area contributed by atoms with Gasteiger partial charge in [-0.15, -0.1) is 0 Å². The number of carboxylic acids is 1. The molecule has 0 spiro atoms. The number of nitrogen functional groups attached to an aromatic ring is 1. The van der Waals surface area contributed by atoms with E-state index in [0.29, 0.717) is 17.3 Å². The van der Waals surface area contributed by atoms with Crippen LogP contribution >= 0.6 is 0 Å². The Hall–Kier alpha value is -1.75. The molecule has 0 unspecified atom stereocenters. The number of aromatic carboxylic acids is 1. The minimum absolute atomic E-state index is 0.186. The number of nitrogens with zero attached hydrogens (tertiary/aromatic N) is 1. The minimum Gasteiger partial charge on any atom is -0.478 e. The number of hydrogen-bond acceptors (Lipinski definition) is 4. The molecule has 0 amide bonds. The van der Waals surface area contributed by atoms with Crippen molar-refractivity contribution in [1.82, 2.24) is 0 Å². The summed E-state index contributed by atoms with van der Waals surface area (Å²) in [4.78, 5) is 13.1. The third-order valence-corrected chi connectivity index (χ3v) is 3.41. The van der Waals surface area contributed by atoms with Crippen LogP contribution in [0.15, 0.2) is 18.2 Å². The molecule has 18 heavy (non-hydrogen) atoms. The molecule has 1 aromatic rings. The van der Waals surface area contributed by atoms with Gasteiger partial charge in [0.1, 0.15) is 0 Å². The van der Waals surface area contributed by atoms with Gasteiger partial charge in [-0.3, -0.25) is 0 Å². The van der Waals surface area contributed by atoms with Crippen LogP contribution in [0, 0.1) is 5.92 Å². The summed E-state index contributed by atoms with van der Waals surface area (Å²) in [6, 6.07) is 4.91. The van der Waals surface area contributed by atoms with Gasteiger partial charge in [0.2, 0.25) is 0 Å². The average molecular weight is 250 g/mol. The van der Waals surface area contributed by atoms with E-state index in [4.69, 9.17) is 10.8 Å². The van der Waals surface area contributed by atoms with E-state index in [9.17, 15) is 9.90 Å². The Morgan fingerprint density at radius 1 is 1.50 bits per heavy atom. The van der Waals surface area contributed by atoms with Crippen LogP contribution in [0.1, 0.15) is 23.2 Å². The fourth-order valence-electron chi connectivity index (χ4n) is 2.39. The Morgan fingerprint density at radius 3 is 2.72 bits per heavy atom. The number of aliphatic hydroxyl groups excluding tert-OH is 1. The van der Waals surface area contributed by atoms with Gasteiger partial charge >= 0.3 is 5.97 Å². The van der Waals surface area contributed by atoms with Crippen molar-refractivity contribution >= 4 is 17.3 Å². The lowest BCUT2D eigenvalue weighted by Crippen LogP contribution is -2.37. The zero-order valence-electron chi connectivity index (χ0n) is 10.3. The molecule has 4 N–H and O–H groups in total. The molecule has 1 fully saturated rings. The molecular weight excluding hydrogens is 232 g/mol. The first kappa shape index (κ1) is 12.7. The van der Waals surface area contributed by atoms with Crippen LogP contribution in [0.4, 0.5) is 11.4 Å². The molecule has 5 heteroatoms. The number of rotatable bonds is 4. The zero-order valence-corrected chi connectivity index (χ0v) is 10.3. The number of aliphatic hydroxyl groups is 1. The summed E-state index contributed by atoms with van der Waals surface area (Å²) < 4.78 is 0. The maximum absolute atomic E-state index is 11.2. The SMILES string of the molecule is CN(CC1CC(O)C1)c1ccc(N)cc1C(=O)O. The Bertz CT molecular complexity index is 456. The van der Waals surface area contributed by atoms with E-state index < -0.39 is 5.97 Å². The van der Waals surface area contributed by atoms with Gasteiger partial charge in [0.25, 0.3) is 0 Å². The summed E-state index contributed by atoms with van der Waals surface area (Å²) in [5.74, 6) is -0.540. The van der Waals surface area contributed by atoms with Crippen molar-refractivity contribution in [2.24, 2.45) is 5.92 Å². The van der Waals surface area contributed by atoms with E-state index in [1.54, 1.807) is 12.1 Å². The zero-order chi connectivity index (χ0) is 13.3. The number of carboxylic acid groups (broad SMARTS) is 1. The molecule has 0 aromatic heterocycles. The minimum atomic E-state index is -0.974. The predicted molar refractivity (Wildman–Crippen MR) is 69.8 cm³/mol. The Balaban J connectivity index is 2.13. The van der Waals surface area contributed by atoms with Crippen LogP contribution in [0.5, 0.6) is 0 Å². The largest absolute Gasteiger partial charge is 0.478 e. The molecule has 0 bridgehead atoms. The number of hydrogen-bond donors (Lipinski definition) is 3. The number of anilines is 2. The van der Waals surface area contributed by atoms with Gasteiger partial charge in [-0.1, -0.05) is 0 Å². The Kier molecular flexibility index (Phi) is 3.43. The number of carbonyl (C=O) groups is 1. The summed E-state index contributed by atoms with van der Waals surface area (Å²) in [5.41, 5.74) is 6.94. The maximum Gasteiger partial charge on any atom is 0.337 e. The quantitative estimate of drug-likeness (QED) is 0.698.